The van der Waals surface area contributed by atoms with Crippen molar-refractivity contribution in [3.63, 3.8) is 0 Å². The molecule has 0 bridgehead atoms. The molecule has 0 radical (unpaired) electrons. The third-order valence-electron chi connectivity index (χ3n) is 5.14. The number of ether oxygens (including phenoxy) is 2. The van der Waals surface area contributed by atoms with Crippen molar-refractivity contribution >= 4 is 39.8 Å². The quantitative estimate of drug-likeness (QED) is 0.326. The van der Waals surface area contributed by atoms with Gasteiger partial charge in [-0.05, 0) is 42.5 Å². The number of aromatic nitrogens is 2. The van der Waals surface area contributed by atoms with Crippen molar-refractivity contribution in [3.05, 3.63) is 65.3 Å². The van der Waals surface area contributed by atoms with Crippen molar-refractivity contribution in [1.29, 1.82) is 0 Å². The molecule has 0 spiro atoms. The third kappa shape index (κ3) is 5.41. The molecule has 2 amide bonds. The van der Waals surface area contributed by atoms with Crippen molar-refractivity contribution in [2.45, 2.75) is 6.42 Å². The van der Waals surface area contributed by atoms with Crippen LogP contribution in [-0.4, -0.2) is 53.0 Å². The smallest absolute Gasteiger partial charge is 0.322 e. The number of carboxylic acids is 1. The second-order valence-electron chi connectivity index (χ2n) is 7.45. The van der Waals surface area contributed by atoms with Crippen LogP contribution in [0.2, 0.25) is 0 Å². The molecule has 10 nitrogen and oxygen atoms in total. The summed E-state index contributed by atoms with van der Waals surface area (Å²) in [6.07, 6.45) is 1.97. The molecule has 11 heteroatoms. The SMILES string of the molecule is COc1ccc(OC)c(-c2cn3c(CC(=O)Nc4ccc(C(=O)NCC(=O)O)cc4)csc3n2)c1. The Kier molecular flexibility index (Phi) is 6.97. The number of hydrogen-bond donors (Lipinski definition) is 3. The number of methoxy groups -OCH3 is 2. The highest BCUT2D eigenvalue weighted by molar-refractivity contribution is 7.15. The third-order valence-corrected chi connectivity index (χ3v) is 6.03. The Balaban J connectivity index is 1.46. The Bertz CT molecular complexity index is 1390. The number of rotatable bonds is 9. The van der Waals surface area contributed by atoms with E-state index in [4.69, 9.17) is 14.6 Å². The summed E-state index contributed by atoms with van der Waals surface area (Å²) in [5, 5.41) is 15.6. The van der Waals surface area contributed by atoms with Crippen LogP contribution in [0.15, 0.2) is 54.0 Å². The number of carbonyl (C=O) groups excluding carboxylic acids is 2. The molecule has 180 valence electrons. The zero-order valence-electron chi connectivity index (χ0n) is 18.9. The van der Waals surface area contributed by atoms with E-state index in [9.17, 15) is 14.4 Å². The number of amides is 2. The average Bonchev–Trinajstić information content (AvgIpc) is 3.44. The highest BCUT2D eigenvalue weighted by Crippen LogP contribution is 2.34. The van der Waals surface area contributed by atoms with Gasteiger partial charge in [-0.25, -0.2) is 4.98 Å². The van der Waals surface area contributed by atoms with Crippen LogP contribution in [0.25, 0.3) is 16.2 Å². The molecule has 0 saturated heterocycles. The van der Waals surface area contributed by atoms with Gasteiger partial charge in [-0.3, -0.25) is 18.8 Å². The van der Waals surface area contributed by atoms with Gasteiger partial charge in [0, 0.05) is 34.1 Å². The van der Waals surface area contributed by atoms with Crippen LogP contribution in [0.4, 0.5) is 5.69 Å². The minimum atomic E-state index is -1.13. The normalized spacial score (nSPS) is 10.7. The largest absolute Gasteiger partial charge is 0.497 e. The van der Waals surface area contributed by atoms with Crippen LogP contribution >= 0.6 is 11.3 Å². The van der Waals surface area contributed by atoms with Crippen LogP contribution in [-0.2, 0) is 16.0 Å². The molecule has 0 aliphatic rings. The summed E-state index contributed by atoms with van der Waals surface area (Å²) >= 11 is 1.43. The zero-order valence-corrected chi connectivity index (χ0v) is 19.7. The summed E-state index contributed by atoms with van der Waals surface area (Å²) in [7, 11) is 3.18. The van der Waals surface area contributed by atoms with E-state index in [1.54, 1.807) is 26.4 Å². The fourth-order valence-electron chi connectivity index (χ4n) is 3.43. The molecule has 2 heterocycles. The number of fused-ring (bicyclic) bond motifs is 1. The molecule has 2 aromatic heterocycles. The lowest BCUT2D eigenvalue weighted by atomic mass is 10.1. The van der Waals surface area contributed by atoms with Gasteiger partial charge in [0.15, 0.2) is 4.96 Å². The molecule has 2 aromatic carbocycles. The Morgan fingerprint density at radius 3 is 2.54 bits per heavy atom. The lowest BCUT2D eigenvalue weighted by Gasteiger charge is -2.08. The van der Waals surface area contributed by atoms with Crippen molar-refractivity contribution in [3.8, 4) is 22.8 Å². The molecule has 0 atom stereocenters. The second-order valence-corrected chi connectivity index (χ2v) is 8.29. The maximum absolute atomic E-state index is 12.7. The monoisotopic (exact) mass is 494 g/mol. The van der Waals surface area contributed by atoms with Crippen LogP contribution in [0, 0.1) is 0 Å². The number of anilines is 1. The van der Waals surface area contributed by atoms with E-state index in [-0.39, 0.29) is 12.3 Å². The molecule has 3 N–H and O–H groups in total. The summed E-state index contributed by atoms with van der Waals surface area (Å²) in [5.41, 5.74) is 3.07. The molecule has 0 fully saturated rings. The van der Waals surface area contributed by atoms with Crippen molar-refractivity contribution in [1.82, 2.24) is 14.7 Å². The summed E-state index contributed by atoms with van der Waals surface area (Å²) in [6.45, 7) is -0.465. The molecule has 4 aromatic rings. The number of aliphatic carboxylic acids is 1. The van der Waals surface area contributed by atoms with Gasteiger partial charge < -0.3 is 25.2 Å². The minimum Gasteiger partial charge on any atom is -0.497 e. The lowest BCUT2D eigenvalue weighted by molar-refractivity contribution is -0.135. The summed E-state index contributed by atoms with van der Waals surface area (Å²) in [4.78, 5) is 40.6. The van der Waals surface area contributed by atoms with E-state index in [1.165, 1.54) is 23.5 Å². The van der Waals surface area contributed by atoms with Crippen LogP contribution < -0.4 is 20.1 Å². The van der Waals surface area contributed by atoms with E-state index in [2.05, 4.69) is 15.6 Å². The molecule has 0 saturated carbocycles. The fraction of sp³-hybridized carbons (Fsp3) is 0.167. The van der Waals surface area contributed by atoms with E-state index in [1.807, 2.05) is 34.2 Å². The van der Waals surface area contributed by atoms with Crippen LogP contribution in [0.1, 0.15) is 16.1 Å². The molecular formula is C24H22N4O6S. The number of carbonyl (C=O) groups is 3. The highest BCUT2D eigenvalue weighted by atomic mass is 32.1. The second kappa shape index (κ2) is 10.3. The van der Waals surface area contributed by atoms with Crippen LogP contribution in [0.3, 0.4) is 0 Å². The van der Waals surface area contributed by atoms with Gasteiger partial charge in [-0.2, -0.15) is 0 Å². The van der Waals surface area contributed by atoms with Gasteiger partial charge in [0.2, 0.25) is 5.91 Å². The number of hydrogen-bond acceptors (Lipinski definition) is 7. The zero-order chi connectivity index (χ0) is 24.9. The first-order valence-electron chi connectivity index (χ1n) is 10.5. The highest BCUT2D eigenvalue weighted by Gasteiger charge is 2.16. The first-order chi connectivity index (χ1) is 16.9. The van der Waals surface area contributed by atoms with Crippen molar-refractivity contribution in [2.24, 2.45) is 0 Å². The maximum atomic E-state index is 12.7. The standard InChI is InChI=1S/C24H22N4O6S/c1-33-17-7-8-20(34-2)18(10-17)19-12-28-16(13-35-24(28)27-19)9-21(29)26-15-5-3-14(4-6-15)23(32)25-11-22(30)31/h3-8,10,12-13H,9,11H2,1-2H3,(H,25,32)(H,26,29)(H,30,31). The molecule has 35 heavy (non-hydrogen) atoms. The number of imidazole rings is 1. The topological polar surface area (TPSA) is 131 Å². The predicted molar refractivity (Wildman–Crippen MR) is 130 cm³/mol. The average molecular weight is 495 g/mol. The Morgan fingerprint density at radius 2 is 1.86 bits per heavy atom. The molecule has 0 aliphatic heterocycles. The van der Waals surface area contributed by atoms with Gasteiger partial charge in [0.05, 0.1) is 26.3 Å². The Labute approximate surface area is 204 Å². The molecule has 4 rings (SSSR count). The number of benzene rings is 2. The Morgan fingerprint density at radius 1 is 1.09 bits per heavy atom. The number of carboxylic acid groups (broad SMARTS) is 1. The van der Waals surface area contributed by atoms with Gasteiger partial charge in [0.25, 0.3) is 5.91 Å². The minimum absolute atomic E-state index is 0.117. The number of thiazole rings is 1. The van der Waals surface area contributed by atoms with Gasteiger partial charge in [-0.1, -0.05) is 0 Å². The van der Waals surface area contributed by atoms with E-state index in [0.29, 0.717) is 28.4 Å². The fourth-order valence-corrected chi connectivity index (χ4v) is 4.31. The number of nitrogens with zero attached hydrogens (tertiary/aromatic N) is 2. The van der Waals surface area contributed by atoms with Crippen molar-refractivity contribution < 1.29 is 29.0 Å². The summed E-state index contributed by atoms with van der Waals surface area (Å²) in [5.74, 6) is -0.521. The van der Waals surface area contributed by atoms with Gasteiger partial charge >= 0.3 is 5.97 Å². The lowest BCUT2D eigenvalue weighted by Crippen LogP contribution is -2.29. The predicted octanol–water partition coefficient (Wildman–Crippen LogP) is 3.08. The molecular weight excluding hydrogens is 472 g/mol. The summed E-state index contributed by atoms with van der Waals surface area (Å²) in [6, 6.07) is 11.7. The van der Waals surface area contributed by atoms with Gasteiger partial charge in [-0.15, -0.1) is 11.3 Å². The Hall–Kier alpha value is -4.38. The molecule has 0 aliphatic carbocycles. The maximum Gasteiger partial charge on any atom is 0.322 e. The van der Waals surface area contributed by atoms with Gasteiger partial charge in [0.1, 0.15) is 18.0 Å². The van der Waals surface area contributed by atoms with E-state index < -0.39 is 18.4 Å². The van der Waals surface area contributed by atoms with E-state index >= 15 is 0 Å². The first kappa shape index (κ1) is 23.8. The van der Waals surface area contributed by atoms with Crippen molar-refractivity contribution in [2.75, 3.05) is 26.1 Å². The molecule has 0 unspecified atom stereocenters. The number of nitrogens with one attached hydrogen (secondary N) is 2. The first-order valence-corrected chi connectivity index (χ1v) is 11.3. The van der Waals surface area contributed by atoms with E-state index in [0.717, 1.165) is 16.2 Å². The van der Waals surface area contributed by atoms with Crippen LogP contribution in [0.5, 0.6) is 11.5 Å². The summed E-state index contributed by atoms with van der Waals surface area (Å²) < 4.78 is 12.7.